The van der Waals surface area contributed by atoms with Crippen LogP contribution >= 0.6 is 0 Å². The van der Waals surface area contributed by atoms with E-state index in [0.717, 1.165) is 36.7 Å². The number of benzene rings is 1. The Kier molecular flexibility index (Phi) is 6.77. The molecular formula is C26H32N4O5. The molecule has 2 saturated heterocycles. The standard InChI is InChI=1S/C26H32N4O5/c1-18-21(11-16-34-18)25(32)29(17-20-5-4-15-35-20)14-10-24(31)28-12-8-19(9-13-28)30-23-7-3-2-6-22(23)27-26(30)33/h2-3,6-7,11,16,19-20H,4-5,8-10,12-15,17H2,1H3,(H,27,33). The molecule has 9 nitrogen and oxygen atoms in total. The van der Waals surface area contributed by atoms with E-state index in [1.165, 1.54) is 6.26 Å². The number of nitrogens with one attached hydrogen (secondary N) is 1. The van der Waals surface area contributed by atoms with Gasteiger partial charge < -0.3 is 23.9 Å². The number of likely N-dealkylation sites (tertiary alicyclic amines) is 1. The highest BCUT2D eigenvalue weighted by atomic mass is 16.5. The smallest absolute Gasteiger partial charge is 0.326 e. The molecule has 2 amide bonds. The highest BCUT2D eigenvalue weighted by Gasteiger charge is 2.29. The van der Waals surface area contributed by atoms with Gasteiger partial charge in [-0.05, 0) is 50.8 Å². The fourth-order valence-electron chi connectivity index (χ4n) is 5.29. The van der Waals surface area contributed by atoms with Crippen molar-refractivity contribution >= 4 is 22.8 Å². The monoisotopic (exact) mass is 480 g/mol. The Labute approximate surface area is 203 Å². The molecule has 0 spiro atoms. The number of aromatic nitrogens is 2. The van der Waals surface area contributed by atoms with E-state index in [1.807, 2.05) is 33.7 Å². The minimum Gasteiger partial charge on any atom is -0.469 e. The molecule has 1 atom stereocenters. The quantitative estimate of drug-likeness (QED) is 0.560. The number of carbonyl (C=O) groups excluding carboxylic acids is 2. The van der Waals surface area contributed by atoms with Gasteiger partial charge in [-0.3, -0.25) is 14.2 Å². The average Bonchev–Trinajstić information content (AvgIpc) is 3.61. The number of hydrogen-bond acceptors (Lipinski definition) is 5. The third-order valence-electron chi connectivity index (χ3n) is 7.23. The van der Waals surface area contributed by atoms with Crippen LogP contribution in [-0.4, -0.2) is 70.1 Å². The van der Waals surface area contributed by atoms with Gasteiger partial charge in [0, 0.05) is 45.2 Å². The maximum atomic E-state index is 13.2. The maximum Gasteiger partial charge on any atom is 0.326 e. The molecule has 2 aliphatic heterocycles. The number of fused-ring (bicyclic) bond motifs is 1. The Morgan fingerprint density at radius 3 is 2.66 bits per heavy atom. The lowest BCUT2D eigenvalue weighted by atomic mass is 10.0. The number of aryl methyl sites for hydroxylation is 1. The molecule has 4 heterocycles. The number of furan rings is 1. The number of rotatable bonds is 7. The maximum absolute atomic E-state index is 13.2. The van der Waals surface area contributed by atoms with Crippen LogP contribution in [-0.2, 0) is 9.53 Å². The summed E-state index contributed by atoms with van der Waals surface area (Å²) in [4.78, 5) is 45.2. The highest BCUT2D eigenvalue weighted by molar-refractivity contribution is 5.95. The second-order valence-corrected chi connectivity index (χ2v) is 9.46. The molecule has 5 rings (SSSR count). The molecule has 3 aromatic rings. The molecule has 9 heteroatoms. The first-order chi connectivity index (χ1) is 17.0. The zero-order valence-electron chi connectivity index (χ0n) is 20.1. The Morgan fingerprint density at radius 1 is 1.14 bits per heavy atom. The van der Waals surface area contributed by atoms with Crippen LogP contribution in [0.25, 0.3) is 11.0 Å². The van der Waals surface area contributed by atoms with Crippen molar-refractivity contribution in [1.29, 1.82) is 0 Å². The SMILES string of the molecule is Cc1occc1C(=O)N(CCC(=O)N1CCC(n2c(=O)[nH]c3ccccc32)CC1)CC1CCCO1. The van der Waals surface area contributed by atoms with Crippen molar-refractivity contribution in [3.8, 4) is 0 Å². The molecule has 1 N–H and O–H groups in total. The van der Waals surface area contributed by atoms with Gasteiger partial charge in [-0.25, -0.2) is 4.79 Å². The second kappa shape index (κ2) is 10.1. The highest BCUT2D eigenvalue weighted by Crippen LogP contribution is 2.25. The summed E-state index contributed by atoms with van der Waals surface area (Å²) in [6.45, 7) is 4.48. The summed E-state index contributed by atoms with van der Waals surface area (Å²) in [5.41, 5.74) is 2.16. The van der Waals surface area contributed by atoms with Crippen molar-refractivity contribution in [2.75, 3.05) is 32.8 Å². The summed E-state index contributed by atoms with van der Waals surface area (Å²) in [6, 6.07) is 9.43. The third kappa shape index (κ3) is 4.91. The molecule has 1 aromatic carbocycles. The Hall–Kier alpha value is -3.33. The first-order valence-electron chi connectivity index (χ1n) is 12.4. The lowest BCUT2D eigenvalue weighted by Gasteiger charge is -2.33. The minimum absolute atomic E-state index is 0.00601. The van der Waals surface area contributed by atoms with E-state index in [1.54, 1.807) is 17.9 Å². The zero-order chi connectivity index (χ0) is 24.4. The molecule has 0 aliphatic carbocycles. The number of para-hydroxylation sites is 2. The lowest BCUT2D eigenvalue weighted by molar-refractivity contribution is -0.132. The van der Waals surface area contributed by atoms with Crippen molar-refractivity contribution in [2.24, 2.45) is 0 Å². The molecule has 0 radical (unpaired) electrons. The van der Waals surface area contributed by atoms with Gasteiger partial charge in [0.2, 0.25) is 5.91 Å². The van der Waals surface area contributed by atoms with Gasteiger partial charge in [0.15, 0.2) is 0 Å². The van der Waals surface area contributed by atoms with Gasteiger partial charge in [-0.1, -0.05) is 12.1 Å². The van der Waals surface area contributed by atoms with Crippen LogP contribution in [0.1, 0.15) is 54.3 Å². The van der Waals surface area contributed by atoms with Crippen LogP contribution in [0, 0.1) is 6.92 Å². The molecule has 0 bridgehead atoms. The number of carbonyl (C=O) groups is 2. The van der Waals surface area contributed by atoms with Crippen molar-refractivity contribution in [1.82, 2.24) is 19.4 Å². The van der Waals surface area contributed by atoms with E-state index >= 15 is 0 Å². The summed E-state index contributed by atoms with van der Waals surface area (Å²) in [5, 5.41) is 0. The van der Waals surface area contributed by atoms with Crippen LogP contribution in [0.2, 0.25) is 0 Å². The number of hydrogen-bond donors (Lipinski definition) is 1. The predicted octanol–water partition coefficient (Wildman–Crippen LogP) is 3.11. The zero-order valence-corrected chi connectivity index (χ0v) is 20.1. The first-order valence-corrected chi connectivity index (χ1v) is 12.4. The fourth-order valence-corrected chi connectivity index (χ4v) is 5.29. The van der Waals surface area contributed by atoms with E-state index in [-0.39, 0.29) is 36.1 Å². The molecule has 2 aliphatic rings. The van der Waals surface area contributed by atoms with Crippen molar-refractivity contribution < 1.29 is 18.7 Å². The summed E-state index contributed by atoms with van der Waals surface area (Å²) in [5.74, 6) is 0.481. The number of H-pyrrole nitrogens is 1. The van der Waals surface area contributed by atoms with E-state index in [0.29, 0.717) is 44.1 Å². The molecule has 2 aromatic heterocycles. The Balaban J connectivity index is 1.20. The Bertz CT molecular complexity index is 1240. The van der Waals surface area contributed by atoms with Crippen LogP contribution in [0.15, 0.2) is 45.8 Å². The number of nitrogens with zero attached hydrogens (tertiary/aromatic N) is 3. The fraction of sp³-hybridized carbons (Fsp3) is 0.500. The van der Waals surface area contributed by atoms with Gasteiger partial charge in [0.05, 0.1) is 29.0 Å². The summed E-state index contributed by atoms with van der Waals surface area (Å²) in [7, 11) is 0. The topological polar surface area (TPSA) is 101 Å². The summed E-state index contributed by atoms with van der Waals surface area (Å²) in [6.07, 6.45) is 5.13. The van der Waals surface area contributed by atoms with Gasteiger partial charge in [-0.2, -0.15) is 0 Å². The summed E-state index contributed by atoms with van der Waals surface area (Å²) >= 11 is 0. The predicted molar refractivity (Wildman–Crippen MR) is 130 cm³/mol. The van der Waals surface area contributed by atoms with Crippen molar-refractivity contribution in [2.45, 2.75) is 51.2 Å². The molecule has 0 saturated carbocycles. The van der Waals surface area contributed by atoms with Crippen LogP contribution < -0.4 is 5.69 Å². The largest absolute Gasteiger partial charge is 0.469 e. The summed E-state index contributed by atoms with van der Waals surface area (Å²) < 4.78 is 12.9. The number of ether oxygens (including phenoxy) is 1. The lowest BCUT2D eigenvalue weighted by Crippen LogP contribution is -2.43. The molecule has 1 unspecified atom stereocenters. The second-order valence-electron chi connectivity index (χ2n) is 9.46. The minimum atomic E-state index is -0.128. The number of piperidine rings is 1. The average molecular weight is 481 g/mol. The van der Waals surface area contributed by atoms with E-state index < -0.39 is 0 Å². The van der Waals surface area contributed by atoms with Gasteiger partial charge in [0.25, 0.3) is 5.91 Å². The first kappa shape index (κ1) is 23.4. The van der Waals surface area contributed by atoms with Crippen LogP contribution in [0.5, 0.6) is 0 Å². The molecular weight excluding hydrogens is 448 g/mol. The third-order valence-corrected chi connectivity index (χ3v) is 7.23. The van der Waals surface area contributed by atoms with Gasteiger partial charge in [0.1, 0.15) is 5.76 Å². The van der Waals surface area contributed by atoms with Crippen molar-refractivity contribution in [3.63, 3.8) is 0 Å². The van der Waals surface area contributed by atoms with Crippen molar-refractivity contribution in [3.05, 3.63) is 58.4 Å². The molecule has 186 valence electrons. The number of aromatic amines is 1. The van der Waals surface area contributed by atoms with Gasteiger partial charge in [-0.15, -0.1) is 0 Å². The molecule has 2 fully saturated rings. The van der Waals surface area contributed by atoms with Gasteiger partial charge >= 0.3 is 5.69 Å². The molecule has 35 heavy (non-hydrogen) atoms. The number of imidazole rings is 1. The van der Waals surface area contributed by atoms with Crippen LogP contribution in [0.4, 0.5) is 0 Å². The van der Waals surface area contributed by atoms with Crippen LogP contribution in [0.3, 0.4) is 0 Å². The van der Waals surface area contributed by atoms with E-state index in [4.69, 9.17) is 9.15 Å². The normalized spacial score (nSPS) is 18.9. The van der Waals surface area contributed by atoms with E-state index in [2.05, 4.69) is 4.98 Å². The Morgan fingerprint density at radius 2 is 1.94 bits per heavy atom. The number of amides is 2. The van der Waals surface area contributed by atoms with E-state index in [9.17, 15) is 14.4 Å².